The first-order valence-electron chi connectivity index (χ1n) is 4.41. The molecule has 0 saturated heterocycles. The Labute approximate surface area is 94.6 Å². The van der Waals surface area contributed by atoms with E-state index in [9.17, 15) is 18.0 Å². The summed E-state index contributed by atoms with van der Waals surface area (Å²) < 4.78 is 39.1. The van der Waals surface area contributed by atoms with Crippen LogP contribution in [0, 0.1) is 11.3 Å². The first-order chi connectivity index (χ1) is 7.90. The Hall–Kier alpha value is -2.23. The van der Waals surface area contributed by atoms with Crippen LogP contribution in [0.5, 0.6) is 0 Å². The van der Waals surface area contributed by atoms with Gasteiger partial charge in [-0.1, -0.05) is 6.07 Å². The molecule has 0 radical (unpaired) electrons. The van der Waals surface area contributed by atoms with Gasteiger partial charge in [0.15, 0.2) is 6.61 Å². The van der Waals surface area contributed by atoms with E-state index >= 15 is 0 Å². The van der Waals surface area contributed by atoms with Gasteiger partial charge in [-0.25, -0.2) is 4.79 Å². The number of halogens is 3. The standard InChI is InChI=1S/C10H7F3N2O2/c11-10(12,13)6-17-9(16)15-8-3-1-2-7(4-8)5-14/h1-4H,6H2,(H,15,16). The van der Waals surface area contributed by atoms with Crippen molar-refractivity contribution < 1.29 is 22.7 Å². The molecule has 0 fully saturated rings. The van der Waals surface area contributed by atoms with Gasteiger partial charge in [-0.2, -0.15) is 18.4 Å². The average molecular weight is 244 g/mol. The number of carbonyl (C=O) groups is 1. The Balaban J connectivity index is 2.54. The van der Waals surface area contributed by atoms with E-state index in [4.69, 9.17) is 5.26 Å². The number of nitriles is 1. The number of nitrogens with one attached hydrogen (secondary N) is 1. The fraction of sp³-hybridized carbons (Fsp3) is 0.200. The van der Waals surface area contributed by atoms with E-state index in [1.54, 1.807) is 0 Å². The third-order valence-corrected chi connectivity index (χ3v) is 1.60. The summed E-state index contributed by atoms with van der Waals surface area (Å²) in [7, 11) is 0. The van der Waals surface area contributed by atoms with Crippen molar-refractivity contribution in [2.75, 3.05) is 11.9 Å². The van der Waals surface area contributed by atoms with E-state index in [-0.39, 0.29) is 11.3 Å². The highest BCUT2D eigenvalue weighted by Gasteiger charge is 2.29. The zero-order valence-electron chi connectivity index (χ0n) is 8.41. The van der Waals surface area contributed by atoms with Gasteiger partial charge < -0.3 is 4.74 Å². The highest BCUT2D eigenvalue weighted by atomic mass is 19.4. The van der Waals surface area contributed by atoms with Crippen LogP contribution in [0.4, 0.5) is 23.7 Å². The third kappa shape index (κ3) is 4.88. The highest BCUT2D eigenvalue weighted by molar-refractivity contribution is 5.84. The van der Waals surface area contributed by atoms with Gasteiger partial charge in [0.1, 0.15) is 0 Å². The van der Waals surface area contributed by atoms with Crippen LogP contribution >= 0.6 is 0 Å². The van der Waals surface area contributed by atoms with Gasteiger partial charge in [0, 0.05) is 5.69 Å². The molecule has 0 aromatic heterocycles. The monoisotopic (exact) mass is 244 g/mol. The predicted octanol–water partition coefficient (Wildman–Crippen LogP) is 2.67. The summed E-state index contributed by atoms with van der Waals surface area (Å²) in [4.78, 5) is 10.9. The maximum atomic E-state index is 11.7. The molecule has 1 aromatic rings. The second-order valence-corrected chi connectivity index (χ2v) is 3.01. The molecule has 0 heterocycles. The van der Waals surface area contributed by atoms with Crippen molar-refractivity contribution in [3.8, 4) is 6.07 Å². The van der Waals surface area contributed by atoms with Gasteiger partial charge in [-0.3, -0.25) is 5.32 Å². The van der Waals surface area contributed by atoms with Crippen LogP contribution in [0.15, 0.2) is 24.3 Å². The molecule has 1 rings (SSSR count). The van der Waals surface area contributed by atoms with Crippen LogP contribution in [0.3, 0.4) is 0 Å². The van der Waals surface area contributed by atoms with Gasteiger partial charge in [0.2, 0.25) is 0 Å². The van der Waals surface area contributed by atoms with Crippen LogP contribution in [0.1, 0.15) is 5.56 Å². The lowest BCUT2D eigenvalue weighted by Gasteiger charge is -2.09. The number of hydrogen-bond acceptors (Lipinski definition) is 3. The summed E-state index contributed by atoms with van der Waals surface area (Å²) in [6.07, 6.45) is -5.79. The summed E-state index contributed by atoms with van der Waals surface area (Å²) in [5, 5.41) is 10.6. The normalized spacial score (nSPS) is 10.5. The van der Waals surface area contributed by atoms with Crippen molar-refractivity contribution in [2.24, 2.45) is 0 Å². The van der Waals surface area contributed by atoms with E-state index < -0.39 is 18.9 Å². The number of anilines is 1. The van der Waals surface area contributed by atoms with Crippen LogP contribution in [0.25, 0.3) is 0 Å². The third-order valence-electron chi connectivity index (χ3n) is 1.60. The first kappa shape index (κ1) is 12.8. The largest absolute Gasteiger partial charge is 0.440 e. The van der Waals surface area contributed by atoms with Crippen LogP contribution in [-0.2, 0) is 4.74 Å². The van der Waals surface area contributed by atoms with Crippen molar-refractivity contribution in [3.05, 3.63) is 29.8 Å². The van der Waals surface area contributed by atoms with Crippen LogP contribution < -0.4 is 5.32 Å². The Morgan fingerprint density at radius 2 is 2.18 bits per heavy atom. The Kier molecular flexibility index (Phi) is 3.93. The minimum atomic E-state index is -4.56. The zero-order chi connectivity index (χ0) is 12.9. The van der Waals surface area contributed by atoms with Crippen molar-refractivity contribution in [3.63, 3.8) is 0 Å². The molecule has 0 aliphatic carbocycles. The molecule has 0 bridgehead atoms. The van der Waals surface area contributed by atoms with E-state index in [1.807, 2.05) is 6.07 Å². The molecule has 90 valence electrons. The molecule has 1 N–H and O–H groups in total. The van der Waals surface area contributed by atoms with Gasteiger partial charge in [0.05, 0.1) is 11.6 Å². The van der Waals surface area contributed by atoms with E-state index in [0.717, 1.165) is 0 Å². The molecule has 1 amide bonds. The summed E-state index contributed by atoms with van der Waals surface area (Å²) in [5.74, 6) is 0. The molecular formula is C10H7F3N2O2. The molecular weight excluding hydrogens is 237 g/mol. The number of alkyl halides is 3. The number of carbonyl (C=O) groups excluding carboxylic acids is 1. The molecule has 1 aromatic carbocycles. The lowest BCUT2D eigenvalue weighted by molar-refractivity contribution is -0.159. The molecule has 0 aliphatic heterocycles. The van der Waals surface area contributed by atoms with Gasteiger partial charge in [0.25, 0.3) is 0 Å². The second-order valence-electron chi connectivity index (χ2n) is 3.01. The van der Waals surface area contributed by atoms with Gasteiger partial charge >= 0.3 is 12.3 Å². The average Bonchev–Trinajstić information content (AvgIpc) is 2.26. The van der Waals surface area contributed by atoms with E-state index in [2.05, 4.69) is 10.1 Å². The lowest BCUT2D eigenvalue weighted by atomic mass is 10.2. The number of hydrogen-bond donors (Lipinski definition) is 1. The highest BCUT2D eigenvalue weighted by Crippen LogP contribution is 2.15. The number of nitrogens with zero attached hydrogens (tertiary/aromatic N) is 1. The molecule has 0 unspecified atom stereocenters. The molecule has 0 spiro atoms. The molecule has 0 atom stereocenters. The van der Waals surface area contributed by atoms with Crippen molar-refractivity contribution >= 4 is 11.8 Å². The van der Waals surface area contributed by atoms with E-state index in [1.165, 1.54) is 24.3 Å². The number of ether oxygens (including phenoxy) is 1. The van der Waals surface area contributed by atoms with Crippen LogP contribution in [0.2, 0.25) is 0 Å². The Morgan fingerprint density at radius 1 is 1.47 bits per heavy atom. The molecule has 17 heavy (non-hydrogen) atoms. The Bertz CT molecular complexity index is 452. The maximum absolute atomic E-state index is 11.7. The minimum Gasteiger partial charge on any atom is -0.440 e. The summed E-state index contributed by atoms with van der Waals surface area (Å²) >= 11 is 0. The van der Waals surface area contributed by atoms with E-state index in [0.29, 0.717) is 0 Å². The summed E-state index contributed by atoms with van der Waals surface area (Å²) in [6.45, 7) is -1.66. The first-order valence-corrected chi connectivity index (χ1v) is 4.41. The van der Waals surface area contributed by atoms with Crippen molar-refractivity contribution in [1.29, 1.82) is 5.26 Å². The smallest absolute Gasteiger partial charge is 0.422 e. The van der Waals surface area contributed by atoms with Gasteiger partial charge in [-0.15, -0.1) is 0 Å². The van der Waals surface area contributed by atoms with Crippen molar-refractivity contribution in [1.82, 2.24) is 0 Å². The molecule has 4 nitrogen and oxygen atoms in total. The fourth-order valence-electron chi connectivity index (χ4n) is 0.968. The summed E-state index contributed by atoms with van der Waals surface area (Å²) in [6, 6.07) is 7.54. The number of amides is 1. The number of benzene rings is 1. The number of rotatable bonds is 2. The summed E-state index contributed by atoms with van der Waals surface area (Å²) in [5.41, 5.74) is 0.467. The minimum absolute atomic E-state index is 0.191. The molecule has 0 saturated carbocycles. The molecule has 0 aliphatic rings. The predicted molar refractivity (Wildman–Crippen MR) is 52.2 cm³/mol. The topological polar surface area (TPSA) is 62.1 Å². The van der Waals surface area contributed by atoms with Crippen molar-refractivity contribution in [2.45, 2.75) is 6.18 Å². The Morgan fingerprint density at radius 3 is 2.76 bits per heavy atom. The SMILES string of the molecule is N#Cc1cccc(NC(=O)OCC(F)(F)F)c1. The molecule has 7 heteroatoms. The maximum Gasteiger partial charge on any atom is 0.422 e. The fourth-order valence-corrected chi connectivity index (χ4v) is 0.968. The zero-order valence-corrected chi connectivity index (χ0v) is 8.41. The van der Waals surface area contributed by atoms with Gasteiger partial charge in [-0.05, 0) is 18.2 Å². The quantitative estimate of drug-likeness (QED) is 0.869. The van der Waals surface area contributed by atoms with Crippen LogP contribution in [-0.4, -0.2) is 18.9 Å². The lowest BCUT2D eigenvalue weighted by Crippen LogP contribution is -2.23. The second kappa shape index (κ2) is 5.21.